The van der Waals surface area contributed by atoms with E-state index in [2.05, 4.69) is 0 Å². The second kappa shape index (κ2) is 9.22. The Morgan fingerprint density at radius 3 is 0.944 bits per heavy atom. The van der Waals surface area contributed by atoms with Crippen molar-refractivity contribution in [3.63, 3.8) is 0 Å². The summed E-state index contributed by atoms with van der Waals surface area (Å²) < 4.78 is 0. The highest BCUT2D eigenvalue weighted by Crippen LogP contribution is 2.15. The molecule has 0 radical (unpaired) electrons. The molecule has 100 valence electrons. The van der Waals surface area contributed by atoms with E-state index >= 15 is 0 Å². The van der Waals surface area contributed by atoms with E-state index in [9.17, 15) is 19.2 Å². The largest absolute Gasteiger partial charge is 0.298 e. The van der Waals surface area contributed by atoms with Gasteiger partial charge >= 0.3 is 0 Å². The van der Waals surface area contributed by atoms with Crippen molar-refractivity contribution >= 4 is 24.1 Å². The predicted molar refractivity (Wildman–Crippen MR) is 70.2 cm³/mol. The van der Waals surface area contributed by atoms with Crippen LogP contribution in [0, 0.1) is 0 Å². The minimum Gasteiger partial charge on any atom is -0.298 e. The molecule has 0 spiro atoms. The molecule has 0 rings (SSSR count). The van der Waals surface area contributed by atoms with E-state index in [0.29, 0.717) is 11.1 Å². The maximum absolute atomic E-state index is 10.4. The normalized spacial score (nSPS) is 12.3. The van der Waals surface area contributed by atoms with Crippen LogP contribution in [-0.4, -0.2) is 24.1 Å². The van der Waals surface area contributed by atoms with Gasteiger partial charge in [0.1, 0.15) is 12.6 Å². The zero-order valence-electron chi connectivity index (χ0n) is 11.8. The number of carbonyl (C=O) groups excluding carboxylic acids is 4. The molecule has 0 aliphatic carbocycles. The first kappa shape index (κ1) is 18.5. The number of allylic oxidation sites excluding steroid dienone is 4. The summed E-state index contributed by atoms with van der Waals surface area (Å²) in [6, 6.07) is 0. The molecule has 0 saturated carbocycles. The van der Waals surface area contributed by atoms with Gasteiger partial charge in [0.05, 0.1) is 0 Å². The molecular weight excluding hydrogens is 232 g/mol. The monoisotopic (exact) mass is 252 g/mol. The molecule has 0 unspecified atom stereocenters. The molecule has 0 bridgehead atoms. The second-order valence-corrected chi connectivity index (χ2v) is 3.96. The number of aldehydes is 2. The maximum atomic E-state index is 10.4. The maximum Gasteiger partial charge on any atom is 0.195 e. The Bertz CT molecular complexity index is 372. The van der Waals surface area contributed by atoms with Gasteiger partial charge < -0.3 is 0 Å². The van der Waals surface area contributed by atoms with Crippen LogP contribution in [0.2, 0.25) is 0 Å². The Morgan fingerprint density at radius 1 is 0.611 bits per heavy atom. The highest BCUT2D eigenvalue weighted by Gasteiger charge is 2.01. The lowest BCUT2D eigenvalue weighted by Gasteiger charge is -2.04. The Morgan fingerprint density at radius 2 is 0.833 bits per heavy atom. The molecule has 0 N–H and O–H groups in total. The van der Waals surface area contributed by atoms with Gasteiger partial charge in [0.15, 0.2) is 11.6 Å². The third-order valence-corrected chi connectivity index (χ3v) is 2.59. The average Bonchev–Trinajstić information content (AvgIpc) is 2.35. The molecule has 0 atom stereocenters. The van der Waals surface area contributed by atoms with Gasteiger partial charge in [0, 0.05) is 13.8 Å². The summed E-state index contributed by atoms with van der Waals surface area (Å²) in [5, 5.41) is 0. The van der Waals surface area contributed by atoms with Gasteiger partial charge in [-0.2, -0.15) is 0 Å². The summed E-state index contributed by atoms with van der Waals surface area (Å²) in [4.78, 5) is 40.4. The first-order valence-corrected chi connectivity index (χ1v) is 5.46. The Kier molecular flexibility index (Phi) is 9.48. The highest BCUT2D eigenvalue weighted by atomic mass is 16.2. The van der Waals surface area contributed by atoms with Gasteiger partial charge in [-0.25, -0.2) is 0 Å². The summed E-state index contributed by atoms with van der Waals surface area (Å²) in [6.45, 7) is 9.66. The average molecular weight is 252 g/mol. The fraction of sp³-hybridized carbons (Fsp3) is 0.429. The van der Waals surface area contributed by atoms with Crippen LogP contribution in [0.25, 0.3) is 0 Å². The number of carbonyl (C=O) groups is 4. The minimum atomic E-state index is -0.380. The number of Topliss-reactive ketones (excluding diaryl/α,β-unsaturated/α-hetero) is 2. The zero-order valence-corrected chi connectivity index (χ0v) is 11.8. The third-order valence-electron chi connectivity index (χ3n) is 2.59. The molecule has 0 amide bonds. The smallest absolute Gasteiger partial charge is 0.195 e. The quantitative estimate of drug-likeness (QED) is 0.333. The summed E-state index contributed by atoms with van der Waals surface area (Å²) in [6.07, 6.45) is 1.60. The van der Waals surface area contributed by atoms with Crippen molar-refractivity contribution in [2.75, 3.05) is 0 Å². The lowest BCUT2D eigenvalue weighted by Crippen LogP contribution is -2.01. The van der Waals surface area contributed by atoms with Crippen molar-refractivity contribution in [3.8, 4) is 0 Å². The van der Waals surface area contributed by atoms with Crippen LogP contribution < -0.4 is 0 Å². The summed E-state index contributed by atoms with van der Waals surface area (Å²) in [5.74, 6) is -0.759. The van der Waals surface area contributed by atoms with E-state index in [1.807, 2.05) is 13.8 Å². The van der Waals surface area contributed by atoms with Crippen LogP contribution in [0.4, 0.5) is 0 Å². The van der Waals surface area contributed by atoms with Gasteiger partial charge in [0.25, 0.3) is 0 Å². The SMILES string of the molecule is CC(=O)C(C)=O.CC(C=O)=C(C)C(C)=C(C)C=O. The Balaban J connectivity index is 0. The molecule has 0 aromatic carbocycles. The molecule has 0 aliphatic heterocycles. The van der Waals surface area contributed by atoms with Crippen LogP contribution >= 0.6 is 0 Å². The van der Waals surface area contributed by atoms with E-state index in [0.717, 1.165) is 23.7 Å². The first-order valence-electron chi connectivity index (χ1n) is 5.46. The van der Waals surface area contributed by atoms with Crippen LogP contribution in [0.15, 0.2) is 22.3 Å². The van der Waals surface area contributed by atoms with E-state index in [1.54, 1.807) is 13.8 Å². The van der Waals surface area contributed by atoms with E-state index < -0.39 is 0 Å². The molecule has 0 heterocycles. The predicted octanol–water partition coefficient (Wildman–Crippen LogP) is 2.22. The summed E-state index contributed by atoms with van der Waals surface area (Å²) in [5.41, 5.74) is 3.12. The van der Waals surface area contributed by atoms with Gasteiger partial charge in [-0.15, -0.1) is 0 Å². The highest BCUT2D eigenvalue weighted by molar-refractivity contribution is 6.35. The van der Waals surface area contributed by atoms with E-state index in [1.165, 1.54) is 13.8 Å². The van der Waals surface area contributed by atoms with E-state index in [4.69, 9.17) is 0 Å². The molecule has 18 heavy (non-hydrogen) atoms. The zero-order chi connectivity index (χ0) is 14.9. The Labute approximate surface area is 108 Å². The lowest BCUT2D eigenvalue weighted by atomic mass is 10.0. The molecular formula is C14H20O4. The topological polar surface area (TPSA) is 68.3 Å². The van der Waals surface area contributed by atoms with Crippen molar-refractivity contribution in [2.45, 2.75) is 41.5 Å². The summed E-state index contributed by atoms with van der Waals surface area (Å²) >= 11 is 0. The molecule has 0 aromatic rings. The van der Waals surface area contributed by atoms with Crippen molar-refractivity contribution in [1.82, 2.24) is 0 Å². The van der Waals surface area contributed by atoms with Crippen LogP contribution in [0.5, 0.6) is 0 Å². The van der Waals surface area contributed by atoms with Crippen LogP contribution in [-0.2, 0) is 19.2 Å². The van der Waals surface area contributed by atoms with E-state index in [-0.39, 0.29) is 11.6 Å². The third kappa shape index (κ3) is 7.44. The number of ketones is 2. The minimum absolute atomic E-state index is 0.380. The van der Waals surface area contributed by atoms with Crippen molar-refractivity contribution in [1.29, 1.82) is 0 Å². The van der Waals surface area contributed by atoms with Crippen LogP contribution in [0.1, 0.15) is 41.5 Å². The molecule has 0 aromatic heterocycles. The van der Waals surface area contributed by atoms with Crippen molar-refractivity contribution in [3.05, 3.63) is 22.3 Å². The fourth-order valence-corrected chi connectivity index (χ4v) is 0.768. The van der Waals surface area contributed by atoms with Gasteiger partial charge in [-0.1, -0.05) is 0 Å². The van der Waals surface area contributed by atoms with Crippen molar-refractivity contribution < 1.29 is 19.2 Å². The molecule has 0 saturated heterocycles. The second-order valence-electron chi connectivity index (χ2n) is 3.96. The van der Waals surface area contributed by atoms with Crippen molar-refractivity contribution in [2.24, 2.45) is 0 Å². The number of rotatable bonds is 4. The summed E-state index contributed by atoms with van der Waals surface area (Å²) in [7, 11) is 0. The Hall–Kier alpha value is -1.84. The lowest BCUT2D eigenvalue weighted by molar-refractivity contribution is -0.134. The van der Waals surface area contributed by atoms with Crippen LogP contribution in [0.3, 0.4) is 0 Å². The molecule has 0 aliphatic rings. The number of hydrogen-bond donors (Lipinski definition) is 0. The molecule has 4 heteroatoms. The number of hydrogen-bond acceptors (Lipinski definition) is 4. The van der Waals surface area contributed by atoms with Gasteiger partial charge in [0.2, 0.25) is 0 Å². The molecule has 0 fully saturated rings. The van der Waals surface area contributed by atoms with Gasteiger partial charge in [-0.05, 0) is 50.0 Å². The molecule has 4 nitrogen and oxygen atoms in total. The van der Waals surface area contributed by atoms with Gasteiger partial charge in [-0.3, -0.25) is 19.2 Å². The standard InChI is InChI=1S/C10H14O2.C4H6O2/c1-7(5-11)9(3)10(4)8(2)6-12;1-3(5)4(2)6/h5-6H,1-4H3;1-2H3. The first-order chi connectivity index (χ1) is 8.18. The fourth-order valence-electron chi connectivity index (χ4n) is 0.768.